The highest BCUT2D eigenvalue weighted by atomic mass is 16.3. The standard InChI is InChI=1S/C15H12N2O2/c18-9-12-5-3-4-11(15(12)19)8-17-10-16-13-6-1-2-7-14(13)17/h1-7,9-10,19H,8H2. The summed E-state index contributed by atoms with van der Waals surface area (Å²) in [5.74, 6) is 0.0373. The van der Waals surface area contributed by atoms with Gasteiger partial charge in [-0.05, 0) is 18.2 Å². The molecule has 0 saturated heterocycles. The maximum atomic E-state index is 10.8. The number of para-hydroxylation sites is 3. The van der Waals surface area contributed by atoms with Crippen LogP contribution in [0.25, 0.3) is 11.0 Å². The number of hydrogen-bond acceptors (Lipinski definition) is 3. The average molecular weight is 252 g/mol. The molecule has 0 aliphatic heterocycles. The molecule has 2 aromatic carbocycles. The monoisotopic (exact) mass is 252 g/mol. The van der Waals surface area contributed by atoms with Crippen molar-refractivity contribution >= 4 is 17.3 Å². The fraction of sp³-hybridized carbons (Fsp3) is 0.0667. The lowest BCUT2D eigenvalue weighted by Gasteiger charge is -2.08. The number of carbonyl (C=O) groups is 1. The molecule has 4 nitrogen and oxygen atoms in total. The second-order valence-electron chi connectivity index (χ2n) is 4.33. The molecule has 1 aromatic heterocycles. The van der Waals surface area contributed by atoms with Gasteiger partial charge in [0.15, 0.2) is 6.29 Å². The number of phenolic OH excluding ortho intramolecular Hbond substituents is 1. The zero-order chi connectivity index (χ0) is 13.2. The number of aromatic nitrogens is 2. The summed E-state index contributed by atoms with van der Waals surface area (Å²) in [6, 6.07) is 13.0. The molecule has 3 aromatic rings. The fourth-order valence-corrected chi connectivity index (χ4v) is 2.15. The van der Waals surface area contributed by atoms with Crippen molar-refractivity contribution in [2.75, 3.05) is 0 Å². The van der Waals surface area contributed by atoms with E-state index < -0.39 is 0 Å². The number of benzene rings is 2. The lowest BCUT2D eigenvalue weighted by Crippen LogP contribution is -1.99. The molecule has 19 heavy (non-hydrogen) atoms. The maximum Gasteiger partial charge on any atom is 0.153 e. The van der Waals surface area contributed by atoms with Gasteiger partial charge in [-0.1, -0.05) is 24.3 Å². The maximum absolute atomic E-state index is 10.8. The highest BCUT2D eigenvalue weighted by Gasteiger charge is 2.08. The second-order valence-corrected chi connectivity index (χ2v) is 4.33. The minimum atomic E-state index is 0.0373. The number of imidazole rings is 1. The predicted molar refractivity (Wildman–Crippen MR) is 72.3 cm³/mol. The highest BCUT2D eigenvalue weighted by molar-refractivity contribution is 5.80. The van der Waals surface area contributed by atoms with Crippen LogP contribution in [-0.4, -0.2) is 20.9 Å². The van der Waals surface area contributed by atoms with Gasteiger partial charge in [-0.2, -0.15) is 0 Å². The van der Waals surface area contributed by atoms with Crippen molar-refractivity contribution in [3.05, 3.63) is 59.9 Å². The van der Waals surface area contributed by atoms with Crippen LogP contribution in [0.4, 0.5) is 0 Å². The summed E-state index contributed by atoms with van der Waals surface area (Å²) in [4.78, 5) is 15.1. The normalized spacial score (nSPS) is 10.7. The topological polar surface area (TPSA) is 55.1 Å². The summed E-state index contributed by atoms with van der Waals surface area (Å²) in [5, 5.41) is 9.99. The molecule has 0 unspecified atom stereocenters. The summed E-state index contributed by atoms with van der Waals surface area (Å²) in [5.41, 5.74) is 2.92. The van der Waals surface area contributed by atoms with Crippen molar-refractivity contribution < 1.29 is 9.90 Å². The van der Waals surface area contributed by atoms with Crippen LogP contribution in [0.5, 0.6) is 5.75 Å². The van der Waals surface area contributed by atoms with Gasteiger partial charge in [-0.15, -0.1) is 0 Å². The molecule has 1 heterocycles. The van der Waals surface area contributed by atoms with E-state index >= 15 is 0 Å². The van der Waals surface area contributed by atoms with E-state index in [0.717, 1.165) is 11.0 Å². The SMILES string of the molecule is O=Cc1cccc(Cn2cnc3ccccc32)c1O. The zero-order valence-corrected chi connectivity index (χ0v) is 10.2. The Hall–Kier alpha value is -2.62. The van der Waals surface area contributed by atoms with E-state index in [2.05, 4.69) is 4.98 Å². The molecule has 4 heteroatoms. The first-order chi connectivity index (χ1) is 9.29. The molecule has 0 atom stereocenters. The molecule has 0 spiro atoms. The molecule has 0 radical (unpaired) electrons. The Labute approximate surface area is 109 Å². The molecule has 94 valence electrons. The number of carbonyl (C=O) groups excluding carboxylic acids is 1. The summed E-state index contributed by atoms with van der Waals surface area (Å²) in [7, 11) is 0. The number of aldehydes is 1. The van der Waals surface area contributed by atoms with Gasteiger partial charge in [0.2, 0.25) is 0 Å². The Balaban J connectivity index is 2.04. The Kier molecular flexibility index (Phi) is 2.76. The molecule has 0 bridgehead atoms. The smallest absolute Gasteiger partial charge is 0.153 e. The molecule has 0 aliphatic carbocycles. The number of rotatable bonds is 3. The Morgan fingerprint density at radius 2 is 2.00 bits per heavy atom. The zero-order valence-electron chi connectivity index (χ0n) is 10.2. The summed E-state index contributed by atoms with van der Waals surface area (Å²) in [6.07, 6.45) is 2.39. The van der Waals surface area contributed by atoms with E-state index in [1.807, 2.05) is 28.8 Å². The van der Waals surface area contributed by atoms with E-state index in [1.54, 1.807) is 24.5 Å². The molecule has 0 aliphatic rings. The second kappa shape index (κ2) is 4.57. The summed E-state index contributed by atoms with van der Waals surface area (Å²) in [6.45, 7) is 0.480. The van der Waals surface area contributed by atoms with E-state index in [0.29, 0.717) is 24.0 Å². The van der Waals surface area contributed by atoms with Crippen LogP contribution >= 0.6 is 0 Å². The number of hydrogen-bond donors (Lipinski definition) is 1. The first kappa shape index (κ1) is 11.5. The van der Waals surface area contributed by atoms with Crippen LogP contribution in [0.15, 0.2) is 48.8 Å². The molecule has 3 rings (SSSR count). The third-order valence-electron chi connectivity index (χ3n) is 3.15. The third kappa shape index (κ3) is 1.97. The van der Waals surface area contributed by atoms with Crippen molar-refractivity contribution in [2.24, 2.45) is 0 Å². The molecule has 0 saturated carbocycles. The third-order valence-corrected chi connectivity index (χ3v) is 3.15. The first-order valence-corrected chi connectivity index (χ1v) is 5.95. The number of fused-ring (bicyclic) bond motifs is 1. The van der Waals surface area contributed by atoms with Gasteiger partial charge in [0.1, 0.15) is 5.75 Å². The van der Waals surface area contributed by atoms with Crippen molar-refractivity contribution in [1.29, 1.82) is 0 Å². The Morgan fingerprint density at radius 1 is 1.16 bits per heavy atom. The molecular formula is C15H12N2O2. The lowest BCUT2D eigenvalue weighted by molar-refractivity contribution is 0.112. The van der Waals surface area contributed by atoms with Gasteiger partial charge >= 0.3 is 0 Å². The molecule has 0 fully saturated rings. The van der Waals surface area contributed by atoms with Crippen LogP contribution in [0.1, 0.15) is 15.9 Å². The number of phenols is 1. The van der Waals surface area contributed by atoms with Gasteiger partial charge in [-0.25, -0.2) is 4.98 Å². The average Bonchev–Trinajstić information content (AvgIpc) is 2.85. The summed E-state index contributed by atoms with van der Waals surface area (Å²) < 4.78 is 1.94. The van der Waals surface area contributed by atoms with Crippen LogP contribution in [0.2, 0.25) is 0 Å². The minimum Gasteiger partial charge on any atom is -0.507 e. The quantitative estimate of drug-likeness (QED) is 0.729. The highest BCUT2D eigenvalue weighted by Crippen LogP contribution is 2.23. The van der Waals surface area contributed by atoms with E-state index in [-0.39, 0.29) is 5.75 Å². The van der Waals surface area contributed by atoms with Gasteiger partial charge in [0, 0.05) is 5.56 Å². The molecule has 1 N–H and O–H groups in total. The first-order valence-electron chi connectivity index (χ1n) is 5.95. The largest absolute Gasteiger partial charge is 0.507 e. The minimum absolute atomic E-state index is 0.0373. The van der Waals surface area contributed by atoms with Crippen molar-refractivity contribution in [2.45, 2.75) is 6.54 Å². The van der Waals surface area contributed by atoms with Crippen LogP contribution in [0, 0.1) is 0 Å². The van der Waals surface area contributed by atoms with Crippen molar-refractivity contribution in [3.8, 4) is 5.75 Å². The van der Waals surface area contributed by atoms with Gasteiger partial charge in [-0.3, -0.25) is 4.79 Å². The van der Waals surface area contributed by atoms with E-state index in [1.165, 1.54) is 0 Å². The Morgan fingerprint density at radius 3 is 2.84 bits per heavy atom. The van der Waals surface area contributed by atoms with Crippen molar-refractivity contribution in [1.82, 2.24) is 9.55 Å². The van der Waals surface area contributed by atoms with Crippen molar-refractivity contribution in [3.63, 3.8) is 0 Å². The van der Waals surface area contributed by atoms with Crippen LogP contribution in [-0.2, 0) is 6.54 Å². The molecular weight excluding hydrogens is 240 g/mol. The predicted octanol–water partition coefficient (Wildman–Crippen LogP) is 2.60. The van der Waals surface area contributed by atoms with E-state index in [4.69, 9.17) is 0 Å². The summed E-state index contributed by atoms with van der Waals surface area (Å²) >= 11 is 0. The number of nitrogens with zero attached hydrogens (tertiary/aromatic N) is 2. The van der Waals surface area contributed by atoms with Gasteiger partial charge in [0.05, 0.1) is 29.5 Å². The van der Waals surface area contributed by atoms with Gasteiger partial charge in [0.25, 0.3) is 0 Å². The lowest BCUT2D eigenvalue weighted by atomic mass is 10.1. The van der Waals surface area contributed by atoms with Crippen LogP contribution in [0.3, 0.4) is 0 Å². The molecule has 0 amide bonds. The van der Waals surface area contributed by atoms with Gasteiger partial charge < -0.3 is 9.67 Å². The fourth-order valence-electron chi connectivity index (χ4n) is 2.15. The van der Waals surface area contributed by atoms with Crippen LogP contribution < -0.4 is 0 Å². The number of aromatic hydroxyl groups is 1. The van der Waals surface area contributed by atoms with E-state index in [9.17, 15) is 9.90 Å². The Bertz CT molecular complexity index is 747.